The van der Waals surface area contributed by atoms with Crippen molar-refractivity contribution in [1.29, 1.82) is 0 Å². The summed E-state index contributed by atoms with van der Waals surface area (Å²) in [6.07, 6.45) is 0. The highest BCUT2D eigenvalue weighted by Gasteiger charge is 2.36. The van der Waals surface area contributed by atoms with Crippen LogP contribution in [0.1, 0.15) is 19.4 Å². The molecule has 2 heterocycles. The lowest BCUT2D eigenvalue weighted by Gasteiger charge is -2.42. The normalized spacial score (nSPS) is 30.8. The number of thioether (sulfide) groups is 1. The zero-order valence-corrected chi connectivity index (χ0v) is 15.0. The molecule has 2 saturated heterocycles. The maximum absolute atomic E-state index is 12.4. The van der Waals surface area contributed by atoms with Gasteiger partial charge in [-0.25, -0.2) is 0 Å². The van der Waals surface area contributed by atoms with Crippen LogP contribution in [-0.4, -0.2) is 47.0 Å². The number of hydrogen-bond acceptors (Lipinski definition) is 4. The topological polar surface area (TPSA) is 61.4 Å². The van der Waals surface area contributed by atoms with E-state index in [2.05, 4.69) is 53.6 Å². The van der Waals surface area contributed by atoms with Crippen molar-refractivity contribution < 1.29 is 9.59 Å². The number of nitrogens with one attached hydrogen (secondary N) is 2. The second-order valence-corrected chi connectivity index (χ2v) is 7.96. The summed E-state index contributed by atoms with van der Waals surface area (Å²) in [6, 6.07) is 10.3. The Morgan fingerprint density at radius 1 is 1.25 bits per heavy atom. The van der Waals surface area contributed by atoms with E-state index in [1.165, 1.54) is 17.3 Å². The fraction of sp³-hybridized carbons (Fsp3) is 0.556. The van der Waals surface area contributed by atoms with Gasteiger partial charge in [-0.2, -0.15) is 0 Å². The highest BCUT2D eigenvalue weighted by atomic mass is 32.2. The summed E-state index contributed by atoms with van der Waals surface area (Å²) < 4.78 is 0. The van der Waals surface area contributed by atoms with Gasteiger partial charge in [0.25, 0.3) is 5.24 Å². The molecule has 1 aromatic rings. The highest BCUT2D eigenvalue weighted by Crippen LogP contribution is 2.24. The molecule has 2 fully saturated rings. The van der Waals surface area contributed by atoms with Crippen LogP contribution in [0.5, 0.6) is 0 Å². The van der Waals surface area contributed by atoms with E-state index in [0.29, 0.717) is 17.6 Å². The number of benzene rings is 1. The van der Waals surface area contributed by atoms with Crippen molar-refractivity contribution in [3.63, 3.8) is 0 Å². The largest absolute Gasteiger partial charge is 0.351 e. The molecule has 0 aromatic heterocycles. The molecular weight excluding hydrogens is 322 g/mol. The third-order valence-corrected chi connectivity index (χ3v) is 5.75. The number of carbonyl (C=O) groups excluding carboxylic acids is 2. The van der Waals surface area contributed by atoms with E-state index >= 15 is 0 Å². The zero-order chi connectivity index (χ0) is 17.1. The third kappa shape index (κ3) is 4.11. The van der Waals surface area contributed by atoms with Gasteiger partial charge in [-0.1, -0.05) is 55.9 Å². The fourth-order valence-electron chi connectivity index (χ4n) is 3.72. The van der Waals surface area contributed by atoms with Gasteiger partial charge in [0.1, 0.15) is 6.04 Å². The second-order valence-electron chi connectivity index (χ2n) is 6.96. The molecule has 2 amide bonds. The van der Waals surface area contributed by atoms with E-state index in [4.69, 9.17) is 0 Å². The molecule has 1 aromatic carbocycles. The van der Waals surface area contributed by atoms with Gasteiger partial charge in [0, 0.05) is 31.4 Å². The Morgan fingerprint density at radius 2 is 1.92 bits per heavy atom. The average Bonchev–Trinajstić information content (AvgIpc) is 2.98. The first kappa shape index (κ1) is 17.3. The number of amides is 2. The summed E-state index contributed by atoms with van der Waals surface area (Å²) in [5.74, 6) is 1.24. The van der Waals surface area contributed by atoms with Crippen LogP contribution in [0, 0.1) is 11.8 Å². The van der Waals surface area contributed by atoms with Gasteiger partial charge in [0.05, 0.1) is 0 Å². The molecule has 0 aliphatic carbocycles. The number of hydrogen-bond donors (Lipinski definition) is 2. The lowest BCUT2D eigenvalue weighted by Crippen LogP contribution is -2.57. The van der Waals surface area contributed by atoms with Gasteiger partial charge < -0.3 is 10.6 Å². The minimum atomic E-state index is -0.385. The van der Waals surface area contributed by atoms with Crippen LogP contribution in [0.4, 0.5) is 4.79 Å². The number of rotatable bonds is 4. The third-order valence-electron chi connectivity index (χ3n) is 4.87. The van der Waals surface area contributed by atoms with Gasteiger partial charge in [-0.15, -0.1) is 0 Å². The Morgan fingerprint density at radius 3 is 2.50 bits per heavy atom. The second kappa shape index (κ2) is 7.57. The van der Waals surface area contributed by atoms with E-state index in [-0.39, 0.29) is 23.2 Å². The Hall–Kier alpha value is -1.53. The van der Waals surface area contributed by atoms with E-state index in [1.807, 2.05) is 6.07 Å². The number of nitrogens with zero attached hydrogens (tertiary/aromatic N) is 1. The standard InChI is InChI=1S/C18H25N3O2S/c1-12-8-21(10-14-6-4-3-5-7-14)9-13(2)16(12)20-17(22)15-11-24-18(23)19-15/h3-7,12-13,15-16H,8-11H2,1-2H3,(H,19,23)(H,20,22)/t12-,13+,15-,16?/m0/s1. The molecule has 1 unspecified atom stereocenters. The molecule has 5 nitrogen and oxygen atoms in total. The summed E-state index contributed by atoms with van der Waals surface area (Å²) in [5.41, 5.74) is 1.32. The lowest BCUT2D eigenvalue weighted by atomic mass is 9.85. The number of piperidine rings is 1. The first-order valence-corrected chi connectivity index (χ1v) is 9.51. The summed E-state index contributed by atoms with van der Waals surface area (Å²) in [6.45, 7) is 7.28. The summed E-state index contributed by atoms with van der Waals surface area (Å²) >= 11 is 1.18. The smallest absolute Gasteiger partial charge is 0.279 e. The van der Waals surface area contributed by atoms with Crippen LogP contribution in [0.15, 0.2) is 30.3 Å². The van der Waals surface area contributed by atoms with Gasteiger partial charge in [-0.05, 0) is 17.4 Å². The van der Waals surface area contributed by atoms with E-state index in [9.17, 15) is 9.59 Å². The van der Waals surface area contributed by atoms with Crippen LogP contribution in [0.2, 0.25) is 0 Å². The van der Waals surface area contributed by atoms with Gasteiger partial charge >= 0.3 is 0 Å². The minimum absolute atomic E-state index is 0.0476. The predicted octanol–water partition coefficient (Wildman–Crippen LogP) is 2.08. The summed E-state index contributed by atoms with van der Waals surface area (Å²) in [7, 11) is 0. The monoisotopic (exact) mass is 347 g/mol. The molecule has 24 heavy (non-hydrogen) atoms. The molecule has 3 rings (SSSR count). The van der Waals surface area contributed by atoms with Gasteiger partial charge in [0.15, 0.2) is 0 Å². The molecule has 6 heteroatoms. The molecule has 2 aliphatic heterocycles. The van der Waals surface area contributed by atoms with Crippen LogP contribution in [0.25, 0.3) is 0 Å². The van der Waals surface area contributed by atoms with Crippen molar-refractivity contribution in [3.8, 4) is 0 Å². The van der Waals surface area contributed by atoms with E-state index in [1.54, 1.807) is 0 Å². The van der Waals surface area contributed by atoms with E-state index in [0.717, 1.165) is 19.6 Å². The van der Waals surface area contributed by atoms with Crippen LogP contribution in [-0.2, 0) is 11.3 Å². The highest BCUT2D eigenvalue weighted by molar-refractivity contribution is 8.14. The maximum Gasteiger partial charge on any atom is 0.279 e. The average molecular weight is 347 g/mol. The van der Waals surface area contributed by atoms with Crippen molar-refractivity contribution in [2.45, 2.75) is 32.5 Å². The predicted molar refractivity (Wildman–Crippen MR) is 96.8 cm³/mol. The van der Waals surface area contributed by atoms with Crippen molar-refractivity contribution in [2.75, 3.05) is 18.8 Å². The molecule has 130 valence electrons. The molecule has 4 atom stereocenters. The Kier molecular flexibility index (Phi) is 5.46. The SMILES string of the molecule is C[C@@H]1CN(Cc2ccccc2)C[C@H](C)C1NC(=O)[C@@H]1CSC(=O)N1. The zero-order valence-electron chi connectivity index (χ0n) is 14.2. The first-order chi connectivity index (χ1) is 11.5. The molecular formula is C18H25N3O2S. The lowest BCUT2D eigenvalue weighted by molar-refractivity contribution is -0.124. The summed E-state index contributed by atoms with van der Waals surface area (Å²) in [4.78, 5) is 26.1. The van der Waals surface area contributed by atoms with Crippen LogP contribution >= 0.6 is 11.8 Å². The minimum Gasteiger partial charge on any atom is -0.351 e. The van der Waals surface area contributed by atoms with Crippen LogP contribution < -0.4 is 10.6 Å². The maximum atomic E-state index is 12.4. The van der Waals surface area contributed by atoms with Gasteiger partial charge in [-0.3, -0.25) is 14.5 Å². The van der Waals surface area contributed by atoms with Crippen LogP contribution in [0.3, 0.4) is 0 Å². The molecule has 0 radical (unpaired) electrons. The molecule has 0 saturated carbocycles. The molecule has 0 bridgehead atoms. The van der Waals surface area contributed by atoms with Crippen molar-refractivity contribution in [3.05, 3.63) is 35.9 Å². The van der Waals surface area contributed by atoms with Crippen molar-refractivity contribution in [2.24, 2.45) is 11.8 Å². The summed E-state index contributed by atoms with van der Waals surface area (Å²) in [5, 5.41) is 5.78. The quantitative estimate of drug-likeness (QED) is 0.875. The molecule has 2 N–H and O–H groups in total. The Labute approximate surface area is 147 Å². The Balaban J connectivity index is 1.55. The Bertz CT molecular complexity index is 583. The first-order valence-electron chi connectivity index (χ1n) is 8.53. The van der Waals surface area contributed by atoms with Crippen molar-refractivity contribution >= 4 is 22.9 Å². The fourth-order valence-corrected chi connectivity index (χ4v) is 4.50. The van der Waals surface area contributed by atoms with E-state index < -0.39 is 0 Å². The van der Waals surface area contributed by atoms with Gasteiger partial charge in [0.2, 0.25) is 5.91 Å². The molecule has 2 aliphatic rings. The molecule has 0 spiro atoms. The van der Waals surface area contributed by atoms with Crippen molar-refractivity contribution in [1.82, 2.24) is 15.5 Å². The number of carbonyl (C=O) groups is 2. The number of likely N-dealkylation sites (tertiary alicyclic amines) is 1.